The van der Waals surface area contributed by atoms with Crippen LogP contribution in [0.2, 0.25) is 0 Å². The molecule has 104 valence electrons. The highest BCUT2D eigenvalue weighted by Gasteiger charge is 2.21. The zero-order chi connectivity index (χ0) is 13.7. The molecule has 0 amide bonds. The lowest BCUT2D eigenvalue weighted by atomic mass is 9.99. The number of aryl methyl sites for hydroxylation is 1. The lowest BCUT2D eigenvalue weighted by Crippen LogP contribution is -2.45. The lowest BCUT2D eigenvalue weighted by Gasteiger charge is -2.35. The molecule has 1 aliphatic rings. The second-order valence-corrected chi connectivity index (χ2v) is 5.06. The SMILES string of the molecule is C=CC[C@@H](c1ccc(OC)c(C)c1)N1CCNCC1. The molecule has 0 saturated carbocycles. The summed E-state index contributed by atoms with van der Waals surface area (Å²) in [6.45, 7) is 10.4. The third kappa shape index (κ3) is 3.37. The van der Waals surface area contributed by atoms with Gasteiger partial charge in [0.1, 0.15) is 5.75 Å². The van der Waals surface area contributed by atoms with E-state index in [1.54, 1.807) is 7.11 Å². The maximum Gasteiger partial charge on any atom is 0.121 e. The number of ether oxygens (including phenoxy) is 1. The first kappa shape index (κ1) is 14.1. The van der Waals surface area contributed by atoms with Crippen molar-refractivity contribution in [2.75, 3.05) is 33.3 Å². The van der Waals surface area contributed by atoms with Crippen molar-refractivity contribution in [3.8, 4) is 5.75 Å². The Morgan fingerprint density at radius 3 is 2.74 bits per heavy atom. The van der Waals surface area contributed by atoms with Crippen LogP contribution in [0.15, 0.2) is 30.9 Å². The summed E-state index contributed by atoms with van der Waals surface area (Å²) < 4.78 is 5.34. The Labute approximate surface area is 116 Å². The summed E-state index contributed by atoms with van der Waals surface area (Å²) in [7, 11) is 1.72. The maximum absolute atomic E-state index is 5.34. The molecule has 0 spiro atoms. The highest BCUT2D eigenvalue weighted by molar-refractivity contribution is 5.37. The zero-order valence-electron chi connectivity index (χ0n) is 12.0. The predicted molar refractivity (Wildman–Crippen MR) is 79.7 cm³/mol. The van der Waals surface area contributed by atoms with Gasteiger partial charge in [-0.15, -0.1) is 6.58 Å². The first-order valence-corrected chi connectivity index (χ1v) is 6.96. The van der Waals surface area contributed by atoms with Crippen LogP contribution in [0.25, 0.3) is 0 Å². The van der Waals surface area contributed by atoms with Crippen molar-refractivity contribution < 1.29 is 4.74 Å². The van der Waals surface area contributed by atoms with E-state index in [1.165, 1.54) is 11.1 Å². The Morgan fingerprint density at radius 2 is 2.16 bits per heavy atom. The van der Waals surface area contributed by atoms with Crippen molar-refractivity contribution in [3.05, 3.63) is 42.0 Å². The molecule has 0 bridgehead atoms. The Hall–Kier alpha value is -1.32. The predicted octanol–water partition coefficient (Wildman–Crippen LogP) is 2.53. The van der Waals surface area contributed by atoms with Gasteiger partial charge in [0.15, 0.2) is 0 Å². The van der Waals surface area contributed by atoms with Gasteiger partial charge in [0.25, 0.3) is 0 Å². The summed E-state index contributed by atoms with van der Waals surface area (Å²) in [5.41, 5.74) is 2.56. The fourth-order valence-electron chi connectivity index (χ4n) is 2.76. The normalized spacial score (nSPS) is 18.0. The molecule has 0 aliphatic carbocycles. The lowest BCUT2D eigenvalue weighted by molar-refractivity contribution is 0.174. The number of nitrogens with zero attached hydrogens (tertiary/aromatic N) is 1. The van der Waals surface area contributed by atoms with Gasteiger partial charge >= 0.3 is 0 Å². The van der Waals surface area contributed by atoms with Crippen LogP contribution in [0.3, 0.4) is 0 Å². The average molecular weight is 260 g/mol. The number of methoxy groups -OCH3 is 1. The van der Waals surface area contributed by atoms with Crippen molar-refractivity contribution in [1.29, 1.82) is 0 Å². The molecule has 1 atom stereocenters. The number of hydrogen-bond donors (Lipinski definition) is 1. The first-order chi connectivity index (χ1) is 9.26. The minimum Gasteiger partial charge on any atom is -0.496 e. The third-order valence-corrected chi connectivity index (χ3v) is 3.79. The Morgan fingerprint density at radius 1 is 1.42 bits per heavy atom. The first-order valence-electron chi connectivity index (χ1n) is 6.96. The van der Waals surface area contributed by atoms with Gasteiger partial charge in [0, 0.05) is 32.2 Å². The second kappa shape index (κ2) is 6.73. The summed E-state index contributed by atoms with van der Waals surface area (Å²) >= 11 is 0. The molecule has 0 aromatic heterocycles. The van der Waals surface area contributed by atoms with Gasteiger partial charge in [0.2, 0.25) is 0 Å². The molecule has 3 nitrogen and oxygen atoms in total. The van der Waals surface area contributed by atoms with Crippen LogP contribution in [0.4, 0.5) is 0 Å². The van der Waals surface area contributed by atoms with Crippen molar-refractivity contribution in [1.82, 2.24) is 10.2 Å². The van der Waals surface area contributed by atoms with Crippen molar-refractivity contribution in [3.63, 3.8) is 0 Å². The molecule has 0 unspecified atom stereocenters. The van der Waals surface area contributed by atoms with E-state index < -0.39 is 0 Å². The highest BCUT2D eigenvalue weighted by atomic mass is 16.5. The van der Waals surface area contributed by atoms with E-state index >= 15 is 0 Å². The minimum atomic E-state index is 0.434. The molecule has 1 aromatic rings. The summed E-state index contributed by atoms with van der Waals surface area (Å²) in [5, 5.41) is 3.41. The van der Waals surface area contributed by atoms with Gasteiger partial charge in [-0.3, -0.25) is 4.90 Å². The number of hydrogen-bond acceptors (Lipinski definition) is 3. The van der Waals surface area contributed by atoms with Crippen LogP contribution in [-0.4, -0.2) is 38.2 Å². The zero-order valence-corrected chi connectivity index (χ0v) is 12.0. The number of benzene rings is 1. The molecule has 1 heterocycles. The minimum absolute atomic E-state index is 0.434. The fourth-order valence-corrected chi connectivity index (χ4v) is 2.76. The number of nitrogens with one attached hydrogen (secondary N) is 1. The van der Waals surface area contributed by atoms with E-state index in [0.29, 0.717) is 6.04 Å². The maximum atomic E-state index is 5.34. The van der Waals surface area contributed by atoms with E-state index in [2.05, 4.69) is 41.9 Å². The van der Waals surface area contributed by atoms with Crippen LogP contribution in [-0.2, 0) is 0 Å². The molecular weight excluding hydrogens is 236 g/mol. The largest absolute Gasteiger partial charge is 0.496 e. The van der Waals surface area contributed by atoms with Gasteiger partial charge in [-0.05, 0) is 30.5 Å². The molecule has 1 fully saturated rings. The van der Waals surface area contributed by atoms with E-state index in [4.69, 9.17) is 4.74 Å². The van der Waals surface area contributed by atoms with E-state index in [9.17, 15) is 0 Å². The molecule has 1 saturated heterocycles. The Bertz CT molecular complexity index is 425. The molecule has 3 heteroatoms. The Kier molecular flexibility index (Phi) is 5.00. The smallest absolute Gasteiger partial charge is 0.121 e. The molecule has 2 rings (SSSR count). The molecule has 1 aromatic carbocycles. The molecule has 19 heavy (non-hydrogen) atoms. The van der Waals surface area contributed by atoms with Crippen molar-refractivity contribution in [2.45, 2.75) is 19.4 Å². The van der Waals surface area contributed by atoms with E-state index in [1.807, 2.05) is 6.08 Å². The van der Waals surface area contributed by atoms with E-state index in [-0.39, 0.29) is 0 Å². The molecule has 1 aliphatic heterocycles. The average Bonchev–Trinajstić information content (AvgIpc) is 2.45. The van der Waals surface area contributed by atoms with Gasteiger partial charge < -0.3 is 10.1 Å². The molecular formula is C16H24N2O. The Balaban J connectivity index is 2.22. The summed E-state index contributed by atoms with van der Waals surface area (Å²) in [6.07, 6.45) is 3.01. The van der Waals surface area contributed by atoms with Gasteiger partial charge in [-0.25, -0.2) is 0 Å². The third-order valence-electron chi connectivity index (χ3n) is 3.79. The summed E-state index contributed by atoms with van der Waals surface area (Å²) in [5.74, 6) is 0.960. The quantitative estimate of drug-likeness (QED) is 0.823. The van der Waals surface area contributed by atoms with Crippen LogP contribution in [0, 0.1) is 6.92 Å². The fraction of sp³-hybridized carbons (Fsp3) is 0.500. The topological polar surface area (TPSA) is 24.5 Å². The van der Waals surface area contributed by atoms with Crippen molar-refractivity contribution >= 4 is 0 Å². The van der Waals surface area contributed by atoms with Crippen LogP contribution < -0.4 is 10.1 Å². The molecule has 0 radical (unpaired) electrons. The highest BCUT2D eigenvalue weighted by Crippen LogP contribution is 2.29. The van der Waals surface area contributed by atoms with Crippen LogP contribution in [0.5, 0.6) is 5.75 Å². The van der Waals surface area contributed by atoms with Crippen molar-refractivity contribution in [2.24, 2.45) is 0 Å². The second-order valence-electron chi connectivity index (χ2n) is 5.06. The molecule has 1 N–H and O–H groups in total. The van der Waals surface area contributed by atoms with Crippen LogP contribution in [0.1, 0.15) is 23.6 Å². The van der Waals surface area contributed by atoms with Gasteiger partial charge in [0.05, 0.1) is 7.11 Å². The number of rotatable bonds is 5. The van der Waals surface area contributed by atoms with E-state index in [0.717, 1.165) is 38.3 Å². The van der Waals surface area contributed by atoms with Gasteiger partial charge in [-0.2, -0.15) is 0 Å². The number of piperazine rings is 1. The summed E-state index contributed by atoms with van der Waals surface area (Å²) in [6, 6.07) is 6.93. The van der Waals surface area contributed by atoms with Crippen LogP contribution >= 0.6 is 0 Å². The standard InChI is InChI=1S/C16H24N2O/c1-4-5-15(18-10-8-17-9-11-18)14-6-7-16(19-3)13(2)12-14/h4,6-7,12,15,17H,1,5,8-11H2,2-3H3/t15-/m0/s1. The summed E-state index contributed by atoms with van der Waals surface area (Å²) in [4.78, 5) is 2.54. The monoisotopic (exact) mass is 260 g/mol. The van der Waals surface area contributed by atoms with Gasteiger partial charge in [-0.1, -0.05) is 18.2 Å².